The van der Waals surface area contributed by atoms with Gasteiger partial charge in [-0.2, -0.15) is 5.10 Å². The van der Waals surface area contributed by atoms with E-state index in [2.05, 4.69) is 5.10 Å². The highest BCUT2D eigenvalue weighted by Crippen LogP contribution is 2.23. The van der Waals surface area contributed by atoms with E-state index in [1.54, 1.807) is 25.6 Å². The topological polar surface area (TPSA) is 34.9 Å². The van der Waals surface area contributed by atoms with Gasteiger partial charge in [-0.1, -0.05) is 6.07 Å². The Hall–Kier alpha value is -1.97. The van der Waals surface area contributed by atoms with Gasteiger partial charge < -0.3 is 0 Å². The molecule has 19 heavy (non-hydrogen) atoms. The molecule has 100 valence electrons. The molecule has 0 spiro atoms. The molecule has 0 aliphatic heterocycles. The highest BCUT2D eigenvalue weighted by atomic mass is 19.1. The van der Waals surface area contributed by atoms with Crippen LogP contribution in [0.3, 0.4) is 0 Å². The minimum absolute atomic E-state index is 0.143. The lowest BCUT2D eigenvalue weighted by Crippen LogP contribution is -2.09. The third-order valence-corrected chi connectivity index (χ3v) is 3.39. The van der Waals surface area contributed by atoms with Gasteiger partial charge in [0.05, 0.1) is 16.8 Å². The second kappa shape index (κ2) is 4.61. The molecular formula is C15H17FN2O. The van der Waals surface area contributed by atoms with E-state index in [-0.39, 0.29) is 11.3 Å². The van der Waals surface area contributed by atoms with E-state index in [1.165, 1.54) is 6.07 Å². The summed E-state index contributed by atoms with van der Waals surface area (Å²) >= 11 is 0. The molecule has 4 heteroatoms. The number of aryl methyl sites for hydroxylation is 4. The second-order valence-corrected chi connectivity index (χ2v) is 4.94. The van der Waals surface area contributed by atoms with Gasteiger partial charge in [0.15, 0.2) is 5.78 Å². The molecule has 0 radical (unpaired) electrons. The molecule has 0 fully saturated rings. The lowest BCUT2D eigenvalue weighted by Gasteiger charge is -2.08. The first-order valence-corrected chi connectivity index (χ1v) is 6.14. The van der Waals surface area contributed by atoms with Crippen LogP contribution < -0.4 is 0 Å². The van der Waals surface area contributed by atoms with E-state index in [1.807, 2.05) is 19.9 Å². The lowest BCUT2D eigenvalue weighted by atomic mass is 9.96. The second-order valence-electron chi connectivity index (χ2n) is 4.94. The maximum atomic E-state index is 14.1. The number of ketones is 1. The molecule has 0 unspecified atom stereocenters. The lowest BCUT2D eigenvalue weighted by molar-refractivity contribution is 0.103. The van der Waals surface area contributed by atoms with Crippen molar-refractivity contribution in [2.45, 2.75) is 27.7 Å². The van der Waals surface area contributed by atoms with Crippen LogP contribution in [0.5, 0.6) is 0 Å². The highest BCUT2D eigenvalue weighted by Gasteiger charge is 2.23. The van der Waals surface area contributed by atoms with Crippen LogP contribution in [0.25, 0.3) is 0 Å². The SMILES string of the molecule is Cc1cc(C)c(C(=O)c2c(C)nn(C)c2C)c(F)c1. The van der Waals surface area contributed by atoms with Crippen molar-refractivity contribution in [2.24, 2.45) is 7.05 Å². The van der Waals surface area contributed by atoms with Crippen LogP contribution in [-0.4, -0.2) is 15.6 Å². The van der Waals surface area contributed by atoms with E-state index >= 15 is 0 Å². The molecule has 0 aliphatic carbocycles. The summed E-state index contributed by atoms with van der Waals surface area (Å²) in [5, 5.41) is 4.21. The van der Waals surface area contributed by atoms with Crippen LogP contribution in [0, 0.1) is 33.5 Å². The first kappa shape index (κ1) is 13.5. The molecule has 0 saturated heterocycles. The molecule has 1 heterocycles. The van der Waals surface area contributed by atoms with Crippen molar-refractivity contribution in [3.05, 3.63) is 51.6 Å². The monoisotopic (exact) mass is 260 g/mol. The van der Waals surface area contributed by atoms with Crippen molar-refractivity contribution >= 4 is 5.78 Å². The number of aromatic nitrogens is 2. The van der Waals surface area contributed by atoms with Gasteiger partial charge in [0, 0.05) is 12.7 Å². The summed E-state index contributed by atoms with van der Waals surface area (Å²) in [6.45, 7) is 7.14. The fraction of sp³-hybridized carbons (Fsp3) is 0.333. The zero-order valence-corrected chi connectivity index (χ0v) is 11.8. The molecule has 0 N–H and O–H groups in total. The summed E-state index contributed by atoms with van der Waals surface area (Å²) in [5.74, 6) is -0.761. The number of hydrogen-bond donors (Lipinski definition) is 0. The minimum Gasteiger partial charge on any atom is -0.288 e. The number of halogens is 1. The van der Waals surface area contributed by atoms with Crippen LogP contribution in [0.1, 0.15) is 38.4 Å². The molecule has 0 amide bonds. The molecule has 2 rings (SSSR count). The quantitative estimate of drug-likeness (QED) is 0.778. The standard InChI is InChI=1S/C15H17FN2O/c1-8-6-9(2)13(12(16)7-8)15(19)14-10(3)17-18(5)11(14)4/h6-7H,1-5H3. The molecule has 2 aromatic rings. The number of hydrogen-bond acceptors (Lipinski definition) is 2. The van der Waals surface area contributed by atoms with Gasteiger partial charge in [-0.3, -0.25) is 9.48 Å². The average molecular weight is 260 g/mol. The Bertz CT molecular complexity index is 648. The van der Waals surface area contributed by atoms with Crippen molar-refractivity contribution in [3.8, 4) is 0 Å². The number of carbonyl (C=O) groups excluding carboxylic acids is 1. The van der Waals surface area contributed by atoms with Crippen molar-refractivity contribution < 1.29 is 9.18 Å². The molecule has 3 nitrogen and oxygen atoms in total. The van der Waals surface area contributed by atoms with Gasteiger partial charge in [-0.25, -0.2) is 4.39 Å². The number of carbonyl (C=O) groups is 1. The van der Waals surface area contributed by atoms with Crippen LogP contribution in [0.15, 0.2) is 12.1 Å². The third-order valence-electron chi connectivity index (χ3n) is 3.39. The smallest absolute Gasteiger partial charge is 0.199 e. The molecule has 0 aliphatic rings. The minimum atomic E-state index is -0.467. The molecule has 0 saturated carbocycles. The molecular weight excluding hydrogens is 243 g/mol. The molecule has 1 aromatic heterocycles. The Morgan fingerprint density at radius 3 is 2.26 bits per heavy atom. The zero-order chi connectivity index (χ0) is 14.3. The predicted molar refractivity (Wildman–Crippen MR) is 72.0 cm³/mol. The Labute approximate surface area is 112 Å². The van der Waals surface area contributed by atoms with Crippen molar-refractivity contribution in [1.82, 2.24) is 9.78 Å². The van der Waals surface area contributed by atoms with Crippen LogP contribution in [0.4, 0.5) is 4.39 Å². The van der Waals surface area contributed by atoms with Crippen molar-refractivity contribution in [3.63, 3.8) is 0 Å². The summed E-state index contributed by atoms with van der Waals surface area (Å²) in [6, 6.07) is 3.21. The van der Waals surface area contributed by atoms with Gasteiger partial charge in [-0.15, -0.1) is 0 Å². The highest BCUT2D eigenvalue weighted by molar-refractivity contribution is 6.11. The maximum absolute atomic E-state index is 14.1. The molecule has 0 bridgehead atoms. The Kier molecular flexibility index (Phi) is 3.27. The van der Waals surface area contributed by atoms with Crippen molar-refractivity contribution in [2.75, 3.05) is 0 Å². The van der Waals surface area contributed by atoms with Crippen LogP contribution in [0.2, 0.25) is 0 Å². The summed E-state index contributed by atoms with van der Waals surface area (Å²) in [4.78, 5) is 12.6. The summed E-state index contributed by atoms with van der Waals surface area (Å²) < 4.78 is 15.7. The van der Waals surface area contributed by atoms with E-state index in [0.717, 1.165) is 11.3 Å². The number of rotatable bonds is 2. The van der Waals surface area contributed by atoms with Crippen LogP contribution in [-0.2, 0) is 7.05 Å². The van der Waals surface area contributed by atoms with Crippen molar-refractivity contribution in [1.29, 1.82) is 0 Å². The largest absolute Gasteiger partial charge is 0.288 e. The Morgan fingerprint density at radius 2 is 1.79 bits per heavy atom. The van der Waals surface area contributed by atoms with Gasteiger partial charge in [0.2, 0.25) is 0 Å². The Morgan fingerprint density at radius 1 is 1.16 bits per heavy atom. The average Bonchev–Trinajstić information content (AvgIpc) is 2.51. The summed E-state index contributed by atoms with van der Waals surface area (Å²) in [7, 11) is 1.78. The summed E-state index contributed by atoms with van der Waals surface area (Å²) in [6.07, 6.45) is 0. The van der Waals surface area contributed by atoms with Gasteiger partial charge in [-0.05, 0) is 44.9 Å². The third kappa shape index (κ3) is 2.18. The normalized spacial score (nSPS) is 10.8. The van der Waals surface area contributed by atoms with E-state index in [0.29, 0.717) is 16.8 Å². The van der Waals surface area contributed by atoms with Gasteiger partial charge in [0.1, 0.15) is 5.82 Å². The molecule has 0 atom stereocenters. The summed E-state index contributed by atoms with van der Waals surface area (Å²) in [5.41, 5.74) is 3.49. The van der Waals surface area contributed by atoms with E-state index < -0.39 is 5.82 Å². The fourth-order valence-electron chi connectivity index (χ4n) is 2.43. The van der Waals surface area contributed by atoms with Gasteiger partial charge in [0.25, 0.3) is 0 Å². The first-order valence-electron chi connectivity index (χ1n) is 6.14. The Balaban J connectivity index is 2.63. The molecule has 1 aromatic carbocycles. The van der Waals surface area contributed by atoms with Gasteiger partial charge >= 0.3 is 0 Å². The van der Waals surface area contributed by atoms with E-state index in [4.69, 9.17) is 0 Å². The first-order chi connectivity index (χ1) is 8.82. The zero-order valence-electron chi connectivity index (χ0n) is 11.8. The van der Waals surface area contributed by atoms with E-state index in [9.17, 15) is 9.18 Å². The maximum Gasteiger partial charge on any atom is 0.199 e. The fourth-order valence-corrected chi connectivity index (χ4v) is 2.43. The predicted octanol–water partition coefficient (Wildman–Crippen LogP) is 3.02. The number of benzene rings is 1. The van der Waals surface area contributed by atoms with Crippen LogP contribution >= 0.6 is 0 Å². The number of nitrogens with zero attached hydrogens (tertiary/aromatic N) is 2.